The maximum Gasteiger partial charge on any atom is 0.321 e. The molecule has 20 heteroatoms. The largest absolute Gasteiger partial charge is 0.464 e. The first-order valence-electron chi connectivity index (χ1n) is 30.0. The summed E-state index contributed by atoms with van der Waals surface area (Å²) < 4.78 is 56.8. The first kappa shape index (κ1) is 77.7. The highest BCUT2D eigenvalue weighted by atomic mass is 16.7. The summed E-state index contributed by atoms with van der Waals surface area (Å²) >= 11 is 0. The summed E-state index contributed by atoms with van der Waals surface area (Å²) in [5.74, 6) is -7.74. The molecule has 0 aromatic heterocycles. The van der Waals surface area contributed by atoms with Crippen LogP contribution < -0.4 is 0 Å². The lowest BCUT2D eigenvalue weighted by Crippen LogP contribution is -2.46. The van der Waals surface area contributed by atoms with Crippen molar-refractivity contribution >= 4 is 59.7 Å². The molecule has 4 unspecified atom stereocenters. The molecule has 83 heavy (non-hydrogen) atoms. The van der Waals surface area contributed by atoms with E-state index >= 15 is 0 Å². The summed E-state index contributed by atoms with van der Waals surface area (Å²) in [5, 5.41) is 0. The van der Waals surface area contributed by atoms with Crippen LogP contribution in [-0.4, -0.2) is 119 Å². The van der Waals surface area contributed by atoms with Crippen LogP contribution in [0.5, 0.6) is 0 Å². The Morgan fingerprint density at radius 2 is 0.289 bits per heavy atom. The molecular formula is C63H108O20. The second-order valence-electron chi connectivity index (χ2n) is 25.4. The number of rotatable bonds is 40. The summed E-state index contributed by atoms with van der Waals surface area (Å²) in [7, 11) is 0. The van der Waals surface area contributed by atoms with Crippen molar-refractivity contribution in [3.8, 4) is 0 Å². The van der Waals surface area contributed by atoms with E-state index in [-0.39, 0.29) is 52.1 Å². The predicted molar refractivity (Wildman–Crippen MR) is 309 cm³/mol. The van der Waals surface area contributed by atoms with E-state index in [4.69, 9.17) is 47.4 Å². The first-order valence-corrected chi connectivity index (χ1v) is 30.0. The lowest BCUT2D eigenvalue weighted by atomic mass is 9.84. The Bertz CT molecular complexity index is 1910. The maximum absolute atomic E-state index is 14.3. The van der Waals surface area contributed by atoms with Crippen molar-refractivity contribution in [1.82, 2.24) is 0 Å². The third kappa shape index (κ3) is 20.4. The fourth-order valence-electron chi connectivity index (χ4n) is 7.37. The van der Waals surface area contributed by atoms with Crippen LogP contribution in [0.25, 0.3) is 0 Å². The summed E-state index contributed by atoms with van der Waals surface area (Å²) in [6.07, 6.45) is 4.55. The standard InChI is InChI=1S/C63H108O20/c1-23-54(13,24-2)44(64)74-35-58(17,31-9)48(68)78-39-62(21,40-79-49(69)59(18,32-10)36-75-45(65)55(14,25-3)26-4)52(72)82-43-83-53(73)63(22,41-80-50(70)60(19,33-11)37-76-46(66)56(15,27-5)28-6)42-81-51(71)61(20,34-12)38-77-47(67)57(16,29-7)30-8/h23-43H2,1-22H3. The lowest BCUT2D eigenvalue weighted by molar-refractivity contribution is -0.192. The van der Waals surface area contributed by atoms with Gasteiger partial charge in [-0.2, -0.15) is 0 Å². The van der Waals surface area contributed by atoms with Gasteiger partial charge in [0.25, 0.3) is 0 Å². The van der Waals surface area contributed by atoms with Crippen molar-refractivity contribution in [2.24, 2.45) is 54.1 Å². The molecule has 0 heterocycles. The summed E-state index contributed by atoms with van der Waals surface area (Å²) in [4.78, 5) is 137. The quantitative estimate of drug-likeness (QED) is 0.0313. The maximum atomic E-state index is 14.3. The van der Waals surface area contributed by atoms with Crippen LogP contribution in [0.1, 0.15) is 229 Å². The zero-order valence-electron chi connectivity index (χ0n) is 55.0. The molecule has 4 atom stereocenters. The molecule has 0 N–H and O–H groups in total. The molecule has 0 aromatic carbocycles. The highest BCUT2D eigenvalue weighted by Crippen LogP contribution is 2.36. The minimum Gasteiger partial charge on any atom is -0.464 e. The van der Waals surface area contributed by atoms with Crippen LogP contribution in [0, 0.1) is 54.1 Å². The number of carbonyl (C=O) groups excluding carboxylic acids is 10. The summed E-state index contributed by atoms with van der Waals surface area (Å²) in [6.45, 7) is 31.9. The number of hydrogen-bond acceptors (Lipinski definition) is 20. The molecule has 0 aliphatic heterocycles. The zero-order valence-corrected chi connectivity index (χ0v) is 55.0. The highest BCUT2D eigenvalue weighted by Gasteiger charge is 2.48. The smallest absolute Gasteiger partial charge is 0.321 e. The Labute approximate surface area is 496 Å². The fourth-order valence-corrected chi connectivity index (χ4v) is 7.37. The van der Waals surface area contributed by atoms with Crippen molar-refractivity contribution in [3.63, 3.8) is 0 Å². The highest BCUT2D eigenvalue weighted by molar-refractivity contribution is 5.84. The molecule has 480 valence electrons. The van der Waals surface area contributed by atoms with E-state index in [0.717, 1.165) is 0 Å². The Morgan fingerprint density at radius 3 is 0.422 bits per heavy atom. The normalized spacial score (nSPS) is 16.5. The average Bonchev–Trinajstić information content (AvgIpc) is 3.50. The average molecular weight is 1190 g/mol. The van der Waals surface area contributed by atoms with Gasteiger partial charge >= 0.3 is 59.7 Å². The third-order valence-electron chi connectivity index (χ3n) is 18.8. The topological polar surface area (TPSA) is 263 Å². The van der Waals surface area contributed by atoms with E-state index in [1.165, 1.54) is 41.5 Å². The zero-order chi connectivity index (χ0) is 64.7. The van der Waals surface area contributed by atoms with Crippen LogP contribution in [0.4, 0.5) is 0 Å². The van der Waals surface area contributed by atoms with Crippen LogP contribution >= 0.6 is 0 Å². The molecule has 0 bridgehead atoms. The monoisotopic (exact) mass is 1180 g/mol. The van der Waals surface area contributed by atoms with Gasteiger partial charge in [0.05, 0.1) is 43.3 Å². The second-order valence-corrected chi connectivity index (χ2v) is 25.4. The van der Waals surface area contributed by atoms with E-state index in [2.05, 4.69) is 0 Å². The van der Waals surface area contributed by atoms with Crippen LogP contribution in [0.2, 0.25) is 0 Å². The van der Waals surface area contributed by atoms with Crippen molar-refractivity contribution in [3.05, 3.63) is 0 Å². The van der Waals surface area contributed by atoms with Gasteiger partial charge in [-0.15, -0.1) is 0 Å². The van der Waals surface area contributed by atoms with Crippen molar-refractivity contribution in [2.45, 2.75) is 229 Å². The summed E-state index contributed by atoms with van der Waals surface area (Å²) in [6, 6.07) is 0. The van der Waals surface area contributed by atoms with E-state index in [1.807, 2.05) is 55.4 Å². The van der Waals surface area contributed by atoms with Crippen molar-refractivity contribution in [2.75, 3.05) is 59.6 Å². The number of carbonyl (C=O) groups is 10. The van der Waals surface area contributed by atoms with Gasteiger partial charge in [0.2, 0.25) is 6.79 Å². The van der Waals surface area contributed by atoms with Gasteiger partial charge in [-0.25, -0.2) is 0 Å². The molecule has 0 fully saturated rings. The molecule has 0 spiro atoms. The van der Waals surface area contributed by atoms with Crippen molar-refractivity contribution < 1.29 is 95.3 Å². The number of ether oxygens (including phenoxy) is 10. The molecule has 0 rings (SSSR count). The predicted octanol–water partition coefficient (Wildman–Crippen LogP) is 11.4. The van der Waals surface area contributed by atoms with E-state index in [9.17, 15) is 47.9 Å². The minimum absolute atomic E-state index is 0.150. The molecule has 0 radical (unpaired) electrons. The molecule has 0 amide bonds. The van der Waals surface area contributed by atoms with Gasteiger partial charge in [0.15, 0.2) is 0 Å². The molecular weight excluding hydrogens is 1080 g/mol. The minimum atomic E-state index is -2.01. The SMILES string of the molecule is CCC(C)(CC)C(=O)OCC(C)(CC)C(=O)OCC(C)(COC(=O)C(C)(CC)COC(=O)C(C)(CC)CC)C(=O)OCOC(=O)C(C)(COC(=O)C(C)(CC)COC(=O)C(C)(CC)CC)COC(=O)C(C)(CC)COC(=O)C(C)(CC)CC. The van der Waals surface area contributed by atoms with Gasteiger partial charge in [-0.1, -0.05) is 83.1 Å². The molecule has 0 saturated heterocycles. The second kappa shape index (κ2) is 32.8. The Balaban J connectivity index is 7.17. The Hall–Kier alpha value is -5.30. The third-order valence-corrected chi connectivity index (χ3v) is 18.8. The first-order chi connectivity index (χ1) is 38.3. The van der Waals surface area contributed by atoms with E-state index in [0.29, 0.717) is 51.4 Å². The van der Waals surface area contributed by atoms with Gasteiger partial charge in [0.1, 0.15) is 63.7 Å². The Morgan fingerprint density at radius 1 is 0.181 bits per heavy atom. The van der Waals surface area contributed by atoms with Crippen molar-refractivity contribution in [1.29, 1.82) is 0 Å². The van der Waals surface area contributed by atoms with E-state index in [1.54, 1.807) is 55.4 Å². The fraction of sp³-hybridized carbons (Fsp3) is 0.841. The molecule has 0 aromatic rings. The van der Waals surface area contributed by atoms with Crippen LogP contribution in [0.15, 0.2) is 0 Å². The molecule has 20 nitrogen and oxygen atoms in total. The molecule has 0 aliphatic carbocycles. The van der Waals surface area contributed by atoms with Gasteiger partial charge < -0.3 is 47.4 Å². The van der Waals surface area contributed by atoms with Gasteiger partial charge in [-0.3, -0.25) is 47.9 Å². The van der Waals surface area contributed by atoms with Gasteiger partial charge in [0, 0.05) is 0 Å². The lowest BCUT2D eigenvalue weighted by Gasteiger charge is -2.33. The van der Waals surface area contributed by atoms with E-state index < -0.39 is 147 Å². The van der Waals surface area contributed by atoms with Gasteiger partial charge in [-0.05, 0) is 146 Å². The number of esters is 10. The summed E-state index contributed by atoms with van der Waals surface area (Å²) in [5.41, 5.74) is -12.8. The Kier molecular flexibility index (Phi) is 30.7. The van der Waals surface area contributed by atoms with Crippen LogP contribution in [0.3, 0.4) is 0 Å². The molecule has 0 saturated carbocycles. The van der Waals surface area contributed by atoms with Crippen LogP contribution in [-0.2, 0) is 95.3 Å². The molecule has 0 aliphatic rings. The number of hydrogen-bond donors (Lipinski definition) is 0.